The van der Waals surface area contributed by atoms with Crippen molar-refractivity contribution >= 4 is 39.7 Å². The van der Waals surface area contributed by atoms with Crippen LogP contribution in [0, 0.1) is 6.92 Å². The van der Waals surface area contributed by atoms with Gasteiger partial charge in [0.05, 0.1) is 24.4 Å². The fourth-order valence-corrected chi connectivity index (χ4v) is 3.42. The number of hydrogen-bond donors (Lipinski definition) is 2. The number of furan rings is 1. The number of nitrogens with one attached hydrogen (secondary N) is 2. The van der Waals surface area contributed by atoms with E-state index in [0.717, 1.165) is 16.2 Å². The maximum atomic E-state index is 12.7. The molecule has 8 heteroatoms. The number of aryl methyl sites for hydroxylation is 1. The third-order valence-electron chi connectivity index (χ3n) is 4.94. The highest BCUT2D eigenvalue weighted by Crippen LogP contribution is 2.32. The number of benzene rings is 2. The summed E-state index contributed by atoms with van der Waals surface area (Å²) in [4.78, 5) is 36.5. The minimum atomic E-state index is -0.684. The summed E-state index contributed by atoms with van der Waals surface area (Å²) < 4.78 is 16.2. The van der Waals surface area contributed by atoms with Crippen LogP contribution in [0.1, 0.15) is 23.0 Å². The van der Waals surface area contributed by atoms with Crippen LogP contribution in [0.3, 0.4) is 0 Å². The number of fused-ring (bicyclic) bond motifs is 3. The number of carbonyl (C=O) groups excluding carboxylic acids is 3. The topological polar surface area (TPSA) is 107 Å². The number of hydrogen-bond acceptors (Lipinski definition) is 6. The monoisotopic (exact) mass is 408 g/mol. The molecule has 154 valence electrons. The van der Waals surface area contributed by atoms with Gasteiger partial charge in [0, 0.05) is 16.3 Å². The first-order chi connectivity index (χ1) is 14.5. The summed E-state index contributed by atoms with van der Waals surface area (Å²) in [5.74, 6) is -1.18. The van der Waals surface area contributed by atoms with Gasteiger partial charge in [0.25, 0.3) is 0 Å². The molecule has 1 aliphatic rings. The van der Waals surface area contributed by atoms with Crippen LogP contribution in [-0.4, -0.2) is 37.7 Å². The Labute approximate surface area is 171 Å². The third-order valence-corrected chi connectivity index (χ3v) is 4.94. The third kappa shape index (κ3) is 3.47. The first-order valence-corrected chi connectivity index (χ1v) is 9.51. The molecular weight excluding hydrogens is 388 g/mol. The Morgan fingerprint density at radius 3 is 2.67 bits per heavy atom. The Morgan fingerprint density at radius 2 is 1.87 bits per heavy atom. The van der Waals surface area contributed by atoms with Gasteiger partial charge in [-0.05, 0) is 19.2 Å². The molecule has 8 nitrogen and oxygen atoms in total. The normalized spacial score (nSPS) is 13.9. The van der Waals surface area contributed by atoms with Crippen LogP contribution in [-0.2, 0) is 14.3 Å². The molecule has 0 atom stereocenters. The van der Waals surface area contributed by atoms with Crippen molar-refractivity contribution in [2.45, 2.75) is 13.8 Å². The summed E-state index contributed by atoms with van der Waals surface area (Å²) in [6, 6.07) is 11.1. The Hall–Kier alpha value is -3.81. The number of ether oxygens (including phenoxy) is 2. The highest BCUT2D eigenvalue weighted by Gasteiger charge is 2.26. The van der Waals surface area contributed by atoms with E-state index in [-0.39, 0.29) is 36.8 Å². The number of esters is 2. The number of urea groups is 1. The lowest BCUT2D eigenvalue weighted by molar-refractivity contribution is -0.138. The Kier molecular flexibility index (Phi) is 5.14. The van der Waals surface area contributed by atoms with Gasteiger partial charge in [0.15, 0.2) is 0 Å². The van der Waals surface area contributed by atoms with E-state index in [1.54, 1.807) is 13.8 Å². The molecule has 4 rings (SSSR count). The molecule has 1 aliphatic heterocycles. The van der Waals surface area contributed by atoms with E-state index in [0.29, 0.717) is 11.1 Å². The van der Waals surface area contributed by atoms with E-state index in [2.05, 4.69) is 10.6 Å². The summed E-state index contributed by atoms with van der Waals surface area (Å²) in [7, 11) is 0. The highest BCUT2D eigenvalue weighted by atomic mass is 16.5. The molecule has 0 saturated heterocycles. The van der Waals surface area contributed by atoms with E-state index < -0.39 is 18.0 Å². The van der Waals surface area contributed by atoms with Crippen molar-refractivity contribution in [3.8, 4) is 0 Å². The molecule has 1 aromatic heterocycles. The van der Waals surface area contributed by atoms with E-state index in [1.807, 2.05) is 36.4 Å². The van der Waals surface area contributed by atoms with Gasteiger partial charge in [-0.25, -0.2) is 14.4 Å². The molecular formula is C22H20N2O6. The molecule has 0 bridgehead atoms. The van der Waals surface area contributed by atoms with Gasteiger partial charge in [-0.1, -0.05) is 36.4 Å². The van der Waals surface area contributed by atoms with Crippen LogP contribution in [0.4, 0.5) is 4.79 Å². The molecule has 2 heterocycles. The molecule has 0 saturated carbocycles. The average molecular weight is 408 g/mol. The Morgan fingerprint density at radius 1 is 1.07 bits per heavy atom. The van der Waals surface area contributed by atoms with Gasteiger partial charge in [-0.2, -0.15) is 0 Å². The molecule has 2 N–H and O–H groups in total. The average Bonchev–Trinajstić information content (AvgIpc) is 3.09. The summed E-state index contributed by atoms with van der Waals surface area (Å²) in [6.07, 6.45) is 0. The van der Waals surface area contributed by atoms with Gasteiger partial charge >= 0.3 is 18.0 Å². The molecule has 0 spiro atoms. The van der Waals surface area contributed by atoms with Crippen LogP contribution in [0.25, 0.3) is 21.7 Å². The fraction of sp³-hybridized carbons (Fsp3) is 0.227. The zero-order valence-electron chi connectivity index (χ0n) is 16.5. The molecule has 2 amide bonds. The molecule has 0 fully saturated rings. The Balaban J connectivity index is 1.61. The van der Waals surface area contributed by atoms with Crippen molar-refractivity contribution < 1.29 is 28.3 Å². The van der Waals surface area contributed by atoms with E-state index in [1.165, 1.54) is 0 Å². The van der Waals surface area contributed by atoms with Crippen molar-refractivity contribution in [3.63, 3.8) is 0 Å². The van der Waals surface area contributed by atoms with Gasteiger partial charge in [0.2, 0.25) is 5.76 Å². The zero-order valence-corrected chi connectivity index (χ0v) is 16.5. The lowest BCUT2D eigenvalue weighted by atomic mass is 10.1. The van der Waals surface area contributed by atoms with Crippen LogP contribution >= 0.6 is 0 Å². The second-order valence-electron chi connectivity index (χ2n) is 6.78. The van der Waals surface area contributed by atoms with Gasteiger partial charge in [-0.3, -0.25) is 0 Å². The standard InChI is InChI=1S/C22H20N2O6/c1-3-28-20(25)16-10-23-22(27)24-17(16)11-29-21(26)18-12(2)14-9-8-13-6-4-5-7-15(13)19(14)30-18/h4-9H,3,10-11H2,1-2H3,(H2,23,24,27). The lowest BCUT2D eigenvalue weighted by Gasteiger charge is -2.20. The van der Waals surface area contributed by atoms with E-state index in [4.69, 9.17) is 13.9 Å². The first kappa shape index (κ1) is 19.5. The smallest absolute Gasteiger partial charge is 0.374 e. The van der Waals surface area contributed by atoms with Gasteiger partial charge in [-0.15, -0.1) is 0 Å². The van der Waals surface area contributed by atoms with Crippen molar-refractivity contribution in [1.82, 2.24) is 10.6 Å². The number of carbonyl (C=O) groups is 3. The van der Waals surface area contributed by atoms with E-state index in [9.17, 15) is 14.4 Å². The van der Waals surface area contributed by atoms with E-state index >= 15 is 0 Å². The highest BCUT2D eigenvalue weighted by molar-refractivity contribution is 6.08. The summed E-state index contributed by atoms with van der Waals surface area (Å²) >= 11 is 0. The quantitative estimate of drug-likeness (QED) is 0.628. The van der Waals surface area contributed by atoms with Crippen molar-refractivity contribution in [1.29, 1.82) is 0 Å². The molecule has 30 heavy (non-hydrogen) atoms. The van der Waals surface area contributed by atoms with Gasteiger partial charge in [0.1, 0.15) is 12.2 Å². The largest absolute Gasteiger partial charge is 0.463 e. The van der Waals surface area contributed by atoms with Crippen molar-refractivity contribution in [3.05, 3.63) is 59.0 Å². The summed E-state index contributed by atoms with van der Waals surface area (Å²) in [5, 5.41) is 7.72. The van der Waals surface area contributed by atoms with Gasteiger partial charge < -0.3 is 24.5 Å². The van der Waals surface area contributed by atoms with Crippen LogP contribution in [0.15, 0.2) is 52.1 Å². The minimum absolute atomic E-state index is 0.00674. The fourth-order valence-electron chi connectivity index (χ4n) is 3.42. The summed E-state index contributed by atoms with van der Waals surface area (Å²) in [5.41, 5.74) is 1.66. The molecule has 0 aliphatic carbocycles. The minimum Gasteiger partial charge on any atom is -0.463 e. The van der Waals surface area contributed by atoms with Crippen molar-refractivity contribution in [2.75, 3.05) is 19.8 Å². The predicted octanol–water partition coefficient (Wildman–Crippen LogP) is 3.18. The number of rotatable bonds is 5. The molecule has 0 radical (unpaired) electrons. The maximum Gasteiger partial charge on any atom is 0.374 e. The second kappa shape index (κ2) is 7.90. The maximum absolute atomic E-state index is 12.7. The van der Waals surface area contributed by atoms with Crippen LogP contribution in [0.5, 0.6) is 0 Å². The Bertz CT molecular complexity index is 1210. The zero-order chi connectivity index (χ0) is 21.3. The van der Waals surface area contributed by atoms with Crippen molar-refractivity contribution in [2.24, 2.45) is 0 Å². The van der Waals surface area contributed by atoms with Crippen LogP contribution in [0.2, 0.25) is 0 Å². The number of amides is 2. The first-order valence-electron chi connectivity index (χ1n) is 9.51. The SMILES string of the molecule is CCOC(=O)C1=C(COC(=O)c2oc3c(ccc4ccccc43)c2C)NC(=O)NC1. The van der Waals surface area contributed by atoms with Crippen LogP contribution < -0.4 is 10.6 Å². The summed E-state index contributed by atoms with van der Waals surface area (Å²) in [6.45, 7) is 3.36. The lowest BCUT2D eigenvalue weighted by Crippen LogP contribution is -2.45. The molecule has 0 unspecified atom stereocenters. The predicted molar refractivity (Wildman–Crippen MR) is 109 cm³/mol. The second-order valence-corrected chi connectivity index (χ2v) is 6.78. The molecule has 3 aromatic rings. The molecule has 2 aromatic carbocycles.